The number of halogens is 2. The highest BCUT2D eigenvalue weighted by Gasteiger charge is 2.09. The van der Waals surface area contributed by atoms with Gasteiger partial charge in [0.1, 0.15) is 0 Å². The third kappa shape index (κ3) is 4.41. The summed E-state index contributed by atoms with van der Waals surface area (Å²) in [5.74, 6) is -2.23. The number of hydrogen-bond acceptors (Lipinski definition) is 2. The molecule has 0 spiro atoms. The van der Waals surface area contributed by atoms with Crippen LogP contribution in [0, 0.1) is 17.6 Å². The fourth-order valence-electron chi connectivity index (χ4n) is 1.48. The maximum Gasteiger partial charge on any atom is 0.251 e. The first-order valence-corrected chi connectivity index (χ1v) is 5.88. The maximum absolute atomic E-state index is 12.9. The smallest absolute Gasteiger partial charge is 0.251 e. The van der Waals surface area contributed by atoms with Crippen LogP contribution in [0.25, 0.3) is 0 Å². The van der Waals surface area contributed by atoms with Gasteiger partial charge < -0.3 is 10.4 Å². The zero-order valence-electron chi connectivity index (χ0n) is 10.2. The molecule has 5 heteroatoms. The number of aliphatic hydroxyl groups is 1. The largest absolute Gasteiger partial charge is 0.396 e. The second-order valence-corrected chi connectivity index (χ2v) is 4.31. The summed E-state index contributed by atoms with van der Waals surface area (Å²) in [5, 5.41) is 11.4. The van der Waals surface area contributed by atoms with Gasteiger partial charge in [0.25, 0.3) is 5.91 Å². The first-order chi connectivity index (χ1) is 8.54. The summed E-state index contributed by atoms with van der Waals surface area (Å²) in [7, 11) is 0. The SMILES string of the molecule is CC(CO)CCCNC(=O)c1ccc(F)c(F)c1. The number of carbonyl (C=O) groups is 1. The van der Waals surface area contributed by atoms with Crippen molar-refractivity contribution in [1.82, 2.24) is 5.32 Å². The molecule has 1 atom stereocenters. The summed E-state index contributed by atoms with van der Waals surface area (Å²) in [4.78, 5) is 11.6. The molecule has 1 rings (SSSR count). The normalized spacial score (nSPS) is 12.2. The minimum absolute atomic E-state index is 0.101. The summed E-state index contributed by atoms with van der Waals surface area (Å²) in [6, 6.07) is 3.04. The Bertz CT molecular complexity index is 410. The zero-order chi connectivity index (χ0) is 13.5. The van der Waals surface area contributed by atoms with E-state index in [0.29, 0.717) is 6.54 Å². The molecule has 0 heterocycles. The lowest BCUT2D eigenvalue weighted by atomic mass is 10.1. The second-order valence-electron chi connectivity index (χ2n) is 4.31. The molecule has 1 amide bonds. The standard InChI is InChI=1S/C13H17F2NO2/c1-9(8-17)3-2-6-16-13(18)10-4-5-11(14)12(15)7-10/h4-5,7,9,17H,2-3,6,8H2,1H3,(H,16,18). The summed E-state index contributed by atoms with van der Waals surface area (Å²) >= 11 is 0. The lowest BCUT2D eigenvalue weighted by Crippen LogP contribution is -2.25. The molecule has 1 aromatic rings. The van der Waals surface area contributed by atoms with E-state index >= 15 is 0 Å². The molecule has 0 fully saturated rings. The highest BCUT2D eigenvalue weighted by Crippen LogP contribution is 2.08. The summed E-state index contributed by atoms with van der Waals surface area (Å²) < 4.78 is 25.6. The predicted molar refractivity (Wildman–Crippen MR) is 64.2 cm³/mol. The third-order valence-electron chi connectivity index (χ3n) is 2.65. The van der Waals surface area contributed by atoms with Crippen molar-refractivity contribution in [3.8, 4) is 0 Å². The highest BCUT2D eigenvalue weighted by atomic mass is 19.2. The van der Waals surface area contributed by atoms with Crippen molar-refractivity contribution in [2.24, 2.45) is 5.92 Å². The van der Waals surface area contributed by atoms with Crippen LogP contribution in [0.15, 0.2) is 18.2 Å². The molecule has 0 bridgehead atoms. The predicted octanol–water partition coefficient (Wildman–Crippen LogP) is 2.10. The first kappa shape index (κ1) is 14.6. The number of aliphatic hydroxyl groups excluding tert-OH is 1. The summed E-state index contributed by atoms with van der Waals surface area (Å²) in [6.45, 7) is 2.48. The van der Waals surface area contributed by atoms with Crippen LogP contribution in [0.5, 0.6) is 0 Å². The Morgan fingerprint density at radius 3 is 2.72 bits per heavy atom. The van der Waals surface area contributed by atoms with E-state index in [2.05, 4.69) is 5.32 Å². The number of carbonyl (C=O) groups excluding carboxylic acids is 1. The van der Waals surface area contributed by atoms with Crippen LogP contribution in [0.4, 0.5) is 8.78 Å². The number of benzene rings is 1. The van der Waals surface area contributed by atoms with Crippen LogP contribution in [-0.4, -0.2) is 24.2 Å². The molecule has 0 aliphatic carbocycles. The van der Waals surface area contributed by atoms with Gasteiger partial charge in [0, 0.05) is 18.7 Å². The van der Waals surface area contributed by atoms with Gasteiger partial charge in [-0.2, -0.15) is 0 Å². The third-order valence-corrected chi connectivity index (χ3v) is 2.65. The van der Waals surface area contributed by atoms with Gasteiger partial charge in [-0.3, -0.25) is 4.79 Å². The lowest BCUT2D eigenvalue weighted by molar-refractivity contribution is 0.0951. The van der Waals surface area contributed by atoms with Crippen molar-refractivity contribution in [3.05, 3.63) is 35.4 Å². The van der Waals surface area contributed by atoms with E-state index in [0.717, 1.165) is 25.0 Å². The molecule has 0 aliphatic heterocycles. The molecule has 0 saturated heterocycles. The molecule has 0 aliphatic rings. The van der Waals surface area contributed by atoms with Gasteiger partial charge in [-0.15, -0.1) is 0 Å². The monoisotopic (exact) mass is 257 g/mol. The van der Waals surface area contributed by atoms with E-state index in [9.17, 15) is 13.6 Å². The van der Waals surface area contributed by atoms with Gasteiger partial charge >= 0.3 is 0 Å². The van der Waals surface area contributed by atoms with E-state index in [4.69, 9.17) is 5.11 Å². The Kier molecular flexibility index (Phi) is 5.71. The van der Waals surface area contributed by atoms with E-state index in [1.165, 1.54) is 6.07 Å². The number of rotatable bonds is 6. The Balaban J connectivity index is 2.39. The highest BCUT2D eigenvalue weighted by molar-refractivity contribution is 5.94. The molecule has 0 radical (unpaired) electrons. The van der Waals surface area contributed by atoms with Crippen molar-refractivity contribution >= 4 is 5.91 Å². The van der Waals surface area contributed by atoms with E-state index < -0.39 is 17.5 Å². The van der Waals surface area contributed by atoms with Gasteiger partial charge in [0.05, 0.1) is 0 Å². The minimum Gasteiger partial charge on any atom is -0.396 e. The van der Waals surface area contributed by atoms with Crippen molar-refractivity contribution in [2.75, 3.05) is 13.2 Å². The fourth-order valence-corrected chi connectivity index (χ4v) is 1.48. The fraction of sp³-hybridized carbons (Fsp3) is 0.462. The quantitative estimate of drug-likeness (QED) is 0.767. The van der Waals surface area contributed by atoms with Crippen molar-refractivity contribution in [1.29, 1.82) is 0 Å². The van der Waals surface area contributed by atoms with E-state index in [1.54, 1.807) is 0 Å². The summed E-state index contributed by atoms with van der Waals surface area (Å²) in [6.07, 6.45) is 1.53. The van der Waals surface area contributed by atoms with Crippen molar-refractivity contribution in [3.63, 3.8) is 0 Å². The topological polar surface area (TPSA) is 49.3 Å². The molecular formula is C13H17F2NO2. The number of amides is 1. The Morgan fingerprint density at radius 1 is 1.39 bits per heavy atom. The molecule has 1 unspecified atom stereocenters. The van der Waals surface area contributed by atoms with Gasteiger partial charge in [0.2, 0.25) is 0 Å². The average Bonchev–Trinajstić information content (AvgIpc) is 2.37. The Hall–Kier alpha value is -1.49. The lowest BCUT2D eigenvalue weighted by Gasteiger charge is -2.08. The van der Waals surface area contributed by atoms with Gasteiger partial charge in [-0.05, 0) is 37.0 Å². The van der Waals surface area contributed by atoms with Crippen LogP contribution < -0.4 is 5.32 Å². The van der Waals surface area contributed by atoms with Crippen LogP contribution in [0.2, 0.25) is 0 Å². The van der Waals surface area contributed by atoms with Crippen LogP contribution >= 0.6 is 0 Å². The summed E-state index contributed by atoms with van der Waals surface area (Å²) in [5.41, 5.74) is 0.101. The van der Waals surface area contributed by atoms with E-state index in [-0.39, 0.29) is 18.1 Å². The van der Waals surface area contributed by atoms with Gasteiger partial charge in [0.15, 0.2) is 11.6 Å². The van der Waals surface area contributed by atoms with E-state index in [1.807, 2.05) is 6.92 Å². The number of hydrogen-bond donors (Lipinski definition) is 2. The van der Waals surface area contributed by atoms with Crippen LogP contribution in [-0.2, 0) is 0 Å². The molecule has 0 aromatic heterocycles. The molecule has 100 valence electrons. The molecule has 2 N–H and O–H groups in total. The maximum atomic E-state index is 12.9. The first-order valence-electron chi connectivity index (χ1n) is 5.88. The van der Waals surface area contributed by atoms with Gasteiger partial charge in [-0.1, -0.05) is 6.92 Å². The molecule has 18 heavy (non-hydrogen) atoms. The Labute approximate surface area is 105 Å². The molecule has 0 saturated carbocycles. The van der Waals surface area contributed by atoms with Gasteiger partial charge in [-0.25, -0.2) is 8.78 Å². The molecular weight excluding hydrogens is 240 g/mol. The molecule has 1 aromatic carbocycles. The average molecular weight is 257 g/mol. The minimum atomic E-state index is -1.03. The number of nitrogens with one attached hydrogen (secondary N) is 1. The zero-order valence-corrected chi connectivity index (χ0v) is 10.2. The van der Waals surface area contributed by atoms with Crippen molar-refractivity contribution in [2.45, 2.75) is 19.8 Å². The Morgan fingerprint density at radius 2 is 2.11 bits per heavy atom. The van der Waals surface area contributed by atoms with Crippen molar-refractivity contribution < 1.29 is 18.7 Å². The van der Waals surface area contributed by atoms with Crippen LogP contribution in [0.3, 0.4) is 0 Å². The van der Waals surface area contributed by atoms with Crippen LogP contribution in [0.1, 0.15) is 30.1 Å². The second kappa shape index (κ2) is 7.06. The molecule has 3 nitrogen and oxygen atoms in total.